The summed E-state index contributed by atoms with van der Waals surface area (Å²) in [5.41, 5.74) is 0.981. The highest BCUT2D eigenvalue weighted by Crippen LogP contribution is 2.35. The van der Waals surface area contributed by atoms with Gasteiger partial charge in [-0.05, 0) is 49.9 Å². The number of amides is 1. The van der Waals surface area contributed by atoms with Gasteiger partial charge in [-0.3, -0.25) is 4.79 Å². The number of halogens is 3. The molecule has 0 saturated heterocycles. The second-order valence-electron chi connectivity index (χ2n) is 6.21. The van der Waals surface area contributed by atoms with Crippen LogP contribution < -0.4 is 5.32 Å². The molecular formula is C17H18F3N3O. The van der Waals surface area contributed by atoms with Crippen molar-refractivity contribution < 1.29 is 18.0 Å². The summed E-state index contributed by atoms with van der Waals surface area (Å²) in [4.78, 5) is 12.4. The number of carbonyl (C=O) groups is 1. The van der Waals surface area contributed by atoms with Crippen molar-refractivity contribution in [1.82, 2.24) is 15.1 Å². The number of carbonyl (C=O) groups excluding carboxylic acids is 1. The topological polar surface area (TPSA) is 46.9 Å². The number of aryl methyl sites for hydroxylation is 3. The van der Waals surface area contributed by atoms with Crippen molar-refractivity contribution in [2.75, 3.05) is 0 Å². The fourth-order valence-corrected chi connectivity index (χ4v) is 2.60. The molecule has 1 fully saturated rings. The zero-order valence-corrected chi connectivity index (χ0v) is 13.7. The Morgan fingerprint density at radius 3 is 2.50 bits per heavy atom. The summed E-state index contributed by atoms with van der Waals surface area (Å²) in [6.07, 6.45) is -1.06. The lowest BCUT2D eigenvalue weighted by molar-refractivity contribution is 0.0947. The van der Waals surface area contributed by atoms with Gasteiger partial charge in [-0.2, -0.15) is 9.49 Å². The van der Waals surface area contributed by atoms with Crippen LogP contribution in [0.15, 0.2) is 12.1 Å². The van der Waals surface area contributed by atoms with Crippen LogP contribution in [0.2, 0.25) is 0 Å². The summed E-state index contributed by atoms with van der Waals surface area (Å²) in [5.74, 6) is -1.45. The maximum absolute atomic E-state index is 14.4. The number of hydrogen-bond donors (Lipinski definition) is 1. The van der Waals surface area contributed by atoms with Crippen molar-refractivity contribution in [3.8, 4) is 11.3 Å². The number of alkyl halides is 2. The molecule has 0 spiro atoms. The summed E-state index contributed by atoms with van der Waals surface area (Å²) in [6, 6.07) is 2.93. The highest BCUT2D eigenvalue weighted by Gasteiger charge is 2.31. The van der Waals surface area contributed by atoms with E-state index in [1.54, 1.807) is 13.8 Å². The van der Waals surface area contributed by atoms with E-state index in [1.165, 1.54) is 19.2 Å². The maximum Gasteiger partial charge on any atom is 0.264 e. The van der Waals surface area contributed by atoms with Crippen LogP contribution >= 0.6 is 0 Å². The van der Waals surface area contributed by atoms with Crippen molar-refractivity contribution in [1.29, 1.82) is 0 Å². The number of nitrogens with zero attached hydrogens (tertiary/aromatic N) is 2. The van der Waals surface area contributed by atoms with Crippen LogP contribution in [-0.2, 0) is 7.05 Å². The van der Waals surface area contributed by atoms with Gasteiger partial charge in [0.05, 0.1) is 0 Å². The van der Waals surface area contributed by atoms with E-state index in [1.807, 2.05) is 0 Å². The van der Waals surface area contributed by atoms with Crippen LogP contribution in [-0.4, -0.2) is 21.7 Å². The number of hydrogen-bond acceptors (Lipinski definition) is 2. The molecule has 1 heterocycles. The lowest BCUT2D eigenvalue weighted by Crippen LogP contribution is -2.26. The summed E-state index contributed by atoms with van der Waals surface area (Å²) in [7, 11) is 1.34. The minimum atomic E-state index is -2.75. The number of nitrogens with one attached hydrogen (secondary N) is 1. The molecule has 0 atom stereocenters. The molecule has 3 rings (SSSR count). The van der Waals surface area contributed by atoms with Crippen LogP contribution in [0.4, 0.5) is 13.2 Å². The summed E-state index contributed by atoms with van der Waals surface area (Å²) in [6.45, 7) is 3.50. The fraction of sp³-hybridized carbons (Fsp3) is 0.412. The fourth-order valence-electron chi connectivity index (χ4n) is 2.60. The molecule has 4 nitrogen and oxygen atoms in total. The van der Waals surface area contributed by atoms with Crippen LogP contribution in [0.5, 0.6) is 0 Å². The van der Waals surface area contributed by atoms with E-state index in [9.17, 15) is 18.0 Å². The van der Waals surface area contributed by atoms with Gasteiger partial charge in [0.1, 0.15) is 11.3 Å². The molecule has 24 heavy (non-hydrogen) atoms. The minimum absolute atomic E-state index is 0.0271. The smallest absolute Gasteiger partial charge is 0.264 e. The van der Waals surface area contributed by atoms with E-state index in [0.717, 1.165) is 23.1 Å². The van der Waals surface area contributed by atoms with Gasteiger partial charge in [0.15, 0.2) is 0 Å². The number of benzene rings is 1. The van der Waals surface area contributed by atoms with Crippen molar-refractivity contribution in [3.63, 3.8) is 0 Å². The molecule has 0 radical (unpaired) electrons. The Morgan fingerprint density at radius 1 is 1.29 bits per heavy atom. The van der Waals surface area contributed by atoms with Gasteiger partial charge in [0.2, 0.25) is 5.95 Å². The van der Waals surface area contributed by atoms with Crippen molar-refractivity contribution in [2.45, 2.75) is 39.2 Å². The molecule has 1 aromatic carbocycles. The standard InChI is InChI=1S/C17H18F3N3O/c1-8-6-11(12(15(18)19)7-9(8)2)14-13(16(20)23(3)22-14)17(24)21-10-4-5-10/h6-7,10,15H,4-5H2,1-3H3,(H,21,24). The highest BCUT2D eigenvalue weighted by molar-refractivity contribution is 6.00. The van der Waals surface area contributed by atoms with Crippen LogP contribution in [0.3, 0.4) is 0 Å². The summed E-state index contributed by atoms with van der Waals surface area (Å²) >= 11 is 0. The van der Waals surface area contributed by atoms with Gasteiger partial charge in [0, 0.05) is 24.2 Å². The average molecular weight is 337 g/mol. The van der Waals surface area contributed by atoms with E-state index >= 15 is 0 Å². The summed E-state index contributed by atoms with van der Waals surface area (Å²) in [5, 5.41) is 6.68. The van der Waals surface area contributed by atoms with E-state index in [2.05, 4.69) is 10.4 Å². The normalized spacial score (nSPS) is 14.3. The lowest BCUT2D eigenvalue weighted by Gasteiger charge is -2.12. The van der Waals surface area contributed by atoms with Crippen molar-refractivity contribution >= 4 is 5.91 Å². The van der Waals surface area contributed by atoms with E-state index < -0.39 is 18.3 Å². The Morgan fingerprint density at radius 2 is 1.92 bits per heavy atom. The predicted molar refractivity (Wildman–Crippen MR) is 83.5 cm³/mol. The van der Waals surface area contributed by atoms with Gasteiger partial charge < -0.3 is 5.32 Å². The van der Waals surface area contributed by atoms with Crippen LogP contribution in [0.25, 0.3) is 11.3 Å². The Hall–Kier alpha value is -2.31. The van der Waals surface area contributed by atoms with Crippen molar-refractivity contribution in [2.24, 2.45) is 7.05 Å². The molecular weight excluding hydrogens is 319 g/mol. The Bertz CT molecular complexity index is 810. The molecule has 2 aromatic rings. The molecule has 0 unspecified atom stereocenters. The molecule has 7 heteroatoms. The summed E-state index contributed by atoms with van der Waals surface area (Å²) < 4.78 is 42.2. The molecule has 1 amide bonds. The van der Waals surface area contributed by atoms with E-state index in [-0.39, 0.29) is 28.4 Å². The van der Waals surface area contributed by atoms with Gasteiger partial charge in [-0.15, -0.1) is 0 Å². The number of rotatable bonds is 4. The third-order valence-corrected chi connectivity index (χ3v) is 4.27. The van der Waals surface area contributed by atoms with Gasteiger partial charge in [-0.25, -0.2) is 13.5 Å². The quantitative estimate of drug-likeness (QED) is 0.925. The number of aromatic nitrogens is 2. The van der Waals surface area contributed by atoms with Crippen molar-refractivity contribution in [3.05, 3.63) is 40.3 Å². The zero-order valence-electron chi connectivity index (χ0n) is 13.7. The largest absolute Gasteiger partial charge is 0.349 e. The first-order valence-electron chi connectivity index (χ1n) is 7.72. The monoisotopic (exact) mass is 337 g/mol. The van der Waals surface area contributed by atoms with Crippen LogP contribution in [0, 0.1) is 19.8 Å². The lowest BCUT2D eigenvalue weighted by atomic mass is 9.96. The van der Waals surface area contributed by atoms with Gasteiger partial charge in [0.25, 0.3) is 12.3 Å². The van der Waals surface area contributed by atoms with Gasteiger partial charge in [-0.1, -0.05) is 0 Å². The molecule has 1 saturated carbocycles. The molecule has 1 N–H and O–H groups in total. The molecule has 1 aliphatic carbocycles. The van der Waals surface area contributed by atoms with Gasteiger partial charge >= 0.3 is 0 Å². The Balaban J connectivity index is 2.17. The molecule has 0 bridgehead atoms. The third kappa shape index (κ3) is 2.90. The Kier molecular flexibility index (Phi) is 4.11. The van der Waals surface area contributed by atoms with E-state index in [4.69, 9.17) is 0 Å². The predicted octanol–water partition coefficient (Wildman–Crippen LogP) is 3.67. The minimum Gasteiger partial charge on any atom is -0.349 e. The van der Waals surface area contributed by atoms with Crippen LogP contribution in [0.1, 0.15) is 46.3 Å². The first-order chi connectivity index (χ1) is 11.3. The maximum atomic E-state index is 14.4. The average Bonchev–Trinajstić information content (AvgIpc) is 3.26. The highest BCUT2D eigenvalue weighted by atomic mass is 19.3. The second kappa shape index (κ2) is 5.96. The van der Waals surface area contributed by atoms with E-state index in [0.29, 0.717) is 5.56 Å². The third-order valence-electron chi connectivity index (χ3n) is 4.27. The molecule has 0 aliphatic heterocycles. The zero-order chi connectivity index (χ0) is 17.6. The molecule has 1 aliphatic rings. The Labute approximate surface area is 137 Å². The molecule has 1 aromatic heterocycles. The second-order valence-corrected chi connectivity index (χ2v) is 6.21. The SMILES string of the molecule is Cc1cc(-c2nn(C)c(F)c2C(=O)NC2CC2)c(C(F)F)cc1C. The first-order valence-corrected chi connectivity index (χ1v) is 7.72. The molecule has 128 valence electrons. The first kappa shape index (κ1) is 16.5.